The maximum atomic E-state index is 11.7. The average Bonchev–Trinajstić information content (AvgIpc) is 2.98. The summed E-state index contributed by atoms with van der Waals surface area (Å²) in [6.45, 7) is 13.3. The molecule has 28 heavy (non-hydrogen) atoms. The third-order valence-corrected chi connectivity index (χ3v) is 5.14. The molecule has 0 saturated carbocycles. The molecule has 3 rings (SSSR count). The van der Waals surface area contributed by atoms with Crippen LogP contribution in [0.2, 0.25) is 0 Å². The molecule has 4 heteroatoms. The van der Waals surface area contributed by atoms with Crippen LogP contribution in [0, 0.1) is 20.8 Å². The van der Waals surface area contributed by atoms with Gasteiger partial charge in [0.25, 0.3) is 0 Å². The summed E-state index contributed by atoms with van der Waals surface area (Å²) < 4.78 is 2.32. The Labute approximate surface area is 167 Å². The van der Waals surface area contributed by atoms with E-state index in [9.17, 15) is 4.79 Å². The fraction of sp³-hybridized carbons (Fsp3) is 0.333. The molecule has 3 aromatic rings. The van der Waals surface area contributed by atoms with E-state index in [0.717, 1.165) is 36.2 Å². The molecule has 0 spiro atoms. The largest absolute Gasteiger partial charge is 0.352 e. The number of amides is 1. The molecule has 0 bridgehead atoms. The van der Waals surface area contributed by atoms with Crippen LogP contribution in [0.25, 0.3) is 11.0 Å². The lowest BCUT2D eigenvalue weighted by Crippen LogP contribution is -2.25. The zero-order valence-corrected chi connectivity index (χ0v) is 17.3. The first-order chi connectivity index (χ1) is 13.4. The van der Waals surface area contributed by atoms with Crippen molar-refractivity contribution in [2.24, 2.45) is 0 Å². The molecule has 4 nitrogen and oxygen atoms in total. The summed E-state index contributed by atoms with van der Waals surface area (Å²) in [5.74, 6) is 0.976. The number of nitrogens with zero attached hydrogens (tertiary/aromatic N) is 2. The summed E-state index contributed by atoms with van der Waals surface area (Å²) in [4.78, 5) is 16.5. The van der Waals surface area contributed by atoms with Crippen molar-refractivity contribution < 1.29 is 4.79 Å². The van der Waals surface area contributed by atoms with Gasteiger partial charge < -0.3 is 9.88 Å². The SMILES string of the molecule is C=C(C)C(=O)NCCCc1nc2ccccc2n1Cc1c(C)cc(C)cc1C. The third-order valence-electron chi connectivity index (χ3n) is 5.14. The maximum Gasteiger partial charge on any atom is 0.246 e. The maximum absolute atomic E-state index is 11.7. The summed E-state index contributed by atoms with van der Waals surface area (Å²) in [5, 5.41) is 2.90. The van der Waals surface area contributed by atoms with Gasteiger partial charge in [-0.15, -0.1) is 0 Å². The molecule has 0 fully saturated rings. The summed E-state index contributed by atoms with van der Waals surface area (Å²) >= 11 is 0. The number of rotatable bonds is 7. The molecule has 1 aromatic heterocycles. The van der Waals surface area contributed by atoms with Crippen LogP contribution in [0.3, 0.4) is 0 Å². The van der Waals surface area contributed by atoms with Gasteiger partial charge in [0.1, 0.15) is 5.82 Å². The second kappa shape index (κ2) is 8.42. The number of carbonyl (C=O) groups excluding carboxylic acids is 1. The molecule has 0 aliphatic carbocycles. The number of hydrogen-bond donors (Lipinski definition) is 1. The predicted octanol–water partition coefficient (Wildman–Crippen LogP) is 4.63. The van der Waals surface area contributed by atoms with E-state index < -0.39 is 0 Å². The Balaban J connectivity index is 1.86. The lowest BCUT2D eigenvalue weighted by molar-refractivity contribution is -0.117. The molecule has 146 valence electrons. The van der Waals surface area contributed by atoms with Crippen LogP contribution in [0.1, 0.15) is 41.4 Å². The molecular weight excluding hydrogens is 346 g/mol. The van der Waals surface area contributed by atoms with Gasteiger partial charge in [-0.2, -0.15) is 0 Å². The molecule has 1 N–H and O–H groups in total. The number of benzene rings is 2. The molecule has 1 heterocycles. The van der Waals surface area contributed by atoms with Gasteiger partial charge in [0.15, 0.2) is 0 Å². The molecule has 2 aromatic carbocycles. The highest BCUT2D eigenvalue weighted by molar-refractivity contribution is 5.92. The van der Waals surface area contributed by atoms with Gasteiger partial charge in [-0.1, -0.05) is 36.4 Å². The van der Waals surface area contributed by atoms with Crippen LogP contribution < -0.4 is 5.32 Å². The van der Waals surface area contributed by atoms with Crippen molar-refractivity contribution in [2.75, 3.05) is 6.54 Å². The second-order valence-corrected chi connectivity index (χ2v) is 7.62. The Morgan fingerprint density at radius 1 is 1.14 bits per heavy atom. The highest BCUT2D eigenvalue weighted by Crippen LogP contribution is 2.23. The Bertz CT molecular complexity index is 1010. The van der Waals surface area contributed by atoms with Gasteiger partial charge in [0.05, 0.1) is 11.0 Å². The fourth-order valence-corrected chi connectivity index (χ4v) is 3.71. The Morgan fingerprint density at radius 3 is 2.50 bits per heavy atom. The second-order valence-electron chi connectivity index (χ2n) is 7.62. The third kappa shape index (κ3) is 4.33. The van der Waals surface area contributed by atoms with E-state index in [2.05, 4.69) is 67.6 Å². The van der Waals surface area contributed by atoms with Crippen molar-refractivity contribution >= 4 is 16.9 Å². The van der Waals surface area contributed by atoms with Crippen LogP contribution in [-0.2, 0) is 17.8 Å². The lowest BCUT2D eigenvalue weighted by atomic mass is 9.99. The number of carbonyl (C=O) groups is 1. The topological polar surface area (TPSA) is 46.9 Å². The molecule has 0 aliphatic heterocycles. The number of aryl methyl sites for hydroxylation is 4. The Kier molecular flexibility index (Phi) is 5.98. The van der Waals surface area contributed by atoms with Crippen molar-refractivity contribution in [3.8, 4) is 0 Å². The molecule has 0 unspecified atom stereocenters. The summed E-state index contributed by atoms with van der Waals surface area (Å²) in [6, 6.07) is 12.8. The van der Waals surface area contributed by atoms with Crippen LogP contribution in [0.4, 0.5) is 0 Å². The van der Waals surface area contributed by atoms with Crippen molar-refractivity contribution in [3.05, 3.63) is 76.6 Å². The molecule has 1 amide bonds. The highest BCUT2D eigenvalue weighted by Gasteiger charge is 2.13. The van der Waals surface area contributed by atoms with Gasteiger partial charge >= 0.3 is 0 Å². The summed E-state index contributed by atoms with van der Waals surface area (Å²) in [5.41, 5.74) is 7.99. The number of hydrogen-bond acceptors (Lipinski definition) is 2. The minimum Gasteiger partial charge on any atom is -0.352 e. The average molecular weight is 376 g/mol. The van der Waals surface area contributed by atoms with Crippen molar-refractivity contribution in [2.45, 2.75) is 47.1 Å². The van der Waals surface area contributed by atoms with E-state index in [1.54, 1.807) is 6.92 Å². The van der Waals surface area contributed by atoms with E-state index in [-0.39, 0.29) is 5.91 Å². The molecule has 0 aliphatic rings. The van der Waals surface area contributed by atoms with Crippen molar-refractivity contribution in [3.63, 3.8) is 0 Å². The van der Waals surface area contributed by atoms with Crippen LogP contribution >= 0.6 is 0 Å². The molecule has 0 saturated heterocycles. The monoisotopic (exact) mass is 375 g/mol. The van der Waals surface area contributed by atoms with Gasteiger partial charge in [-0.25, -0.2) is 4.98 Å². The molecular formula is C24H29N3O. The minimum atomic E-state index is -0.0839. The number of fused-ring (bicyclic) bond motifs is 1. The van der Waals surface area contributed by atoms with E-state index in [1.807, 2.05) is 6.07 Å². The van der Waals surface area contributed by atoms with E-state index in [0.29, 0.717) is 12.1 Å². The van der Waals surface area contributed by atoms with Gasteiger partial charge in [-0.05, 0) is 62.9 Å². The molecule has 0 atom stereocenters. The standard InChI is InChI=1S/C24H29N3O/c1-16(2)24(28)25-12-8-11-23-26-21-9-6-7-10-22(21)27(23)15-20-18(4)13-17(3)14-19(20)5/h6-7,9-10,13-14H,1,8,11-12,15H2,2-5H3,(H,25,28). The van der Waals surface area contributed by atoms with Crippen LogP contribution in [-0.4, -0.2) is 22.0 Å². The van der Waals surface area contributed by atoms with Crippen LogP contribution in [0.5, 0.6) is 0 Å². The summed E-state index contributed by atoms with van der Waals surface area (Å²) in [6.07, 6.45) is 1.66. The van der Waals surface area contributed by atoms with Crippen molar-refractivity contribution in [1.29, 1.82) is 0 Å². The Hall–Kier alpha value is -2.88. The van der Waals surface area contributed by atoms with Crippen LogP contribution in [0.15, 0.2) is 48.6 Å². The lowest BCUT2D eigenvalue weighted by Gasteiger charge is -2.15. The van der Waals surface area contributed by atoms with E-state index in [1.165, 1.54) is 22.3 Å². The van der Waals surface area contributed by atoms with E-state index in [4.69, 9.17) is 4.98 Å². The smallest absolute Gasteiger partial charge is 0.246 e. The van der Waals surface area contributed by atoms with Gasteiger partial charge in [-0.3, -0.25) is 4.79 Å². The number of imidazole rings is 1. The highest BCUT2D eigenvalue weighted by atomic mass is 16.1. The zero-order valence-electron chi connectivity index (χ0n) is 17.3. The normalized spacial score (nSPS) is 11.0. The number of aromatic nitrogens is 2. The quantitative estimate of drug-likeness (QED) is 0.483. The first-order valence-corrected chi connectivity index (χ1v) is 9.81. The Morgan fingerprint density at radius 2 is 1.82 bits per heavy atom. The zero-order chi connectivity index (χ0) is 20.3. The number of para-hydroxylation sites is 2. The van der Waals surface area contributed by atoms with Gasteiger partial charge in [0, 0.05) is 25.1 Å². The minimum absolute atomic E-state index is 0.0839. The predicted molar refractivity (Wildman–Crippen MR) is 116 cm³/mol. The first-order valence-electron chi connectivity index (χ1n) is 9.81. The van der Waals surface area contributed by atoms with E-state index >= 15 is 0 Å². The number of nitrogens with one attached hydrogen (secondary N) is 1. The van der Waals surface area contributed by atoms with Crippen molar-refractivity contribution in [1.82, 2.24) is 14.9 Å². The van der Waals surface area contributed by atoms with Gasteiger partial charge in [0.2, 0.25) is 5.91 Å². The first kappa shape index (κ1) is 19.9. The summed E-state index contributed by atoms with van der Waals surface area (Å²) in [7, 11) is 0. The molecule has 0 radical (unpaired) electrons. The fourth-order valence-electron chi connectivity index (χ4n) is 3.71.